The molecule has 0 bridgehead atoms. The van der Waals surface area contributed by atoms with Crippen LogP contribution < -0.4 is 24.8 Å². The minimum atomic E-state index is -0.583. The molecule has 186 valence electrons. The normalized spacial score (nSPS) is 12.1. The summed E-state index contributed by atoms with van der Waals surface area (Å²) in [5.74, 6) is 0.0453. The molecule has 0 unspecified atom stereocenters. The number of carbonyl (C=O) groups excluding carboxylic acids is 1. The molecular formula is C29H24BrN3O3S. The van der Waals surface area contributed by atoms with E-state index in [9.17, 15) is 14.9 Å². The summed E-state index contributed by atoms with van der Waals surface area (Å²) >= 11 is 4.56. The molecule has 0 aliphatic heterocycles. The van der Waals surface area contributed by atoms with Gasteiger partial charge in [0, 0.05) is 15.7 Å². The van der Waals surface area contributed by atoms with Crippen molar-refractivity contribution < 1.29 is 9.53 Å². The maximum Gasteiger partial charge on any atom is 0.273 e. The number of amides is 1. The molecule has 1 heterocycles. The van der Waals surface area contributed by atoms with Crippen molar-refractivity contribution in [3.8, 4) is 17.5 Å². The first-order valence-electron chi connectivity index (χ1n) is 11.6. The second kappa shape index (κ2) is 11.4. The van der Waals surface area contributed by atoms with E-state index in [0.29, 0.717) is 33.8 Å². The highest BCUT2D eigenvalue weighted by Gasteiger charge is 2.18. The highest BCUT2D eigenvalue weighted by Crippen LogP contribution is 2.24. The molecule has 0 aliphatic carbocycles. The van der Waals surface area contributed by atoms with Crippen molar-refractivity contribution in [2.45, 2.75) is 20.8 Å². The van der Waals surface area contributed by atoms with E-state index in [0.717, 1.165) is 26.9 Å². The second-order valence-electron chi connectivity index (χ2n) is 8.25. The number of thiazole rings is 1. The fraction of sp³-hybridized carbons (Fsp3) is 0.138. The number of nitrogens with zero attached hydrogens (tertiary/aromatic N) is 2. The first kappa shape index (κ1) is 26.1. The van der Waals surface area contributed by atoms with E-state index >= 15 is 0 Å². The summed E-state index contributed by atoms with van der Waals surface area (Å²) in [5, 5.41) is 12.9. The maximum absolute atomic E-state index is 13.7. The predicted molar refractivity (Wildman–Crippen MR) is 152 cm³/mol. The van der Waals surface area contributed by atoms with Gasteiger partial charge in [0.15, 0.2) is 5.57 Å². The molecule has 3 aromatic carbocycles. The van der Waals surface area contributed by atoms with E-state index in [2.05, 4.69) is 21.2 Å². The second-order valence-corrected chi connectivity index (χ2v) is 10.2. The third kappa shape index (κ3) is 5.74. The zero-order valence-corrected chi connectivity index (χ0v) is 22.9. The fourth-order valence-electron chi connectivity index (χ4n) is 3.73. The summed E-state index contributed by atoms with van der Waals surface area (Å²) in [5.41, 5.74) is 3.48. The Hall–Kier alpha value is -3.93. The van der Waals surface area contributed by atoms with Gasteiger partial charge in [0.05, 0.1) is 16.8 Å². The summed E-state index contributed by atoms with van der Waals surface area (Å²) < 4.78 is 8.60. The van der Waals surface area contributed by atoms with Crippen LogP contribution >= 0.6 is 27.3 Å². The lowest BCUT2D eigenvalue weighted by atomic mass is 10.1. The molecule has 8 heteroatoms. The van der Waals surface area contributed by atoms with E-state index < -0.39 is 5.91 Å². The molecule has 1 amide bonds. The molecule has 1 aromatic heterocycles. The number of carbonyl (C=O) groups is 1. The number of anilines is 1. The summed E-state index contributed by atoms with van der Waals surface area (Å²) in [6.45, 7) is 6.29. The molecule has 0 saturated heterocycles. The van der Waals surface area contributed by atoms with Crippen molar-refractivity contribution in [2.75, 3.05) is 11.9 Å². The molecule has 4 rings (SSSR count). The summed E-state index contributed by atoms with van der Waals surface area (Å²) in [7, 11) is 0. The van der Waals surface area contributed by atoms with Gasteiger partial charge in [-0.1, -0.05) is 40.2 Å². The van der Waals surface area contributed by atoms with E-state index in [4.69, 9.17) is 4.74 Å². The number of hydrogen-bond acceptors (Lipinski definition) is 5. The number of halogens is 1. The van der Waals surface area contributed by atoms with Crippen LogP contribution in [0.2, 0.25) is 0 Å². The van der Waals surface area contributed by atoms with Gasteiger partial charge in [-0.3, -0.25) is 14.2 Å². The molecule has 0 fully saturated rings. The first-order valence-corrected chi connectivity index (χ1v) is 13.2. The van der Waals surface area contributed by atoms with E-state index in [1.807, 2.05) is 63.2 Å². The lowest BCUT2D eigenvalue weighted by Crippen LogP contribution is -2.32. The molecule has 0 atom stereocenters. The Balaban J connectivity index is 1.96. The Morgan fingerprint density at radius 2 is 1.86 bits per heavy atom. The molecule has 4 aromatic rings. The Morgan fingerprint density at radius 1 is 1.11 bits per heavy atom. The van der Waals surface area contributed by atoms with Crippen LogP contribution in [0.4, 0.5) is 5.69 Å². The maximum atomic E-state index is 13.7. The molecule has 0 saturated carbocycles. The van der Waals surface area contributed by atoms with Crippen LogP contribution in [0.3, 0.4) is 0 Å². The van der Waals surface area contributed by atoms with Gasteiger partial charge in [0.2, 0.25) is 0 Å². The minimum absolute atomic E-state index is 0.150. The third-order valence-electron chi connectivity index (χ3n) is 5.71. The fourth-order valence-corrected chi connectivity index (χ4v) is 5.20. The number of nitrogens with one attached hydrogen (secondary N) is 1. The molecule has 0 aliphatic rings. The number of aromatic nitrogens is 1. The van der Waals surface area contributed by atoms with E-state index in [1.165, 1.54) is 4.57 Å². The van der Waals surface area contributed by atoms with Gasteiger partial charge in [0.25, 0.3) is 11.5 Å². The van der Waals surface area contributed by atoms with Gasteiger partial charge in [0.1, 0.15) is 16.5 Å². The quantitative estimate of drug-likeness (QED) is 0.358. The number of hydrogen-bond donors (Lipinski definition) is 1. The zero-order chi connectivity index (χ0) is 26.5. The van der Waals surface area contributed by atoms with Crippen LogP contribution in [0.1, 0.15) is 23.6 Å². The van der Waals surface area contributed by atoms with Gasteiger partial charge in [-0.05, 0) is 80.4 Å². The van der Waals surface area contributed by atoms with Crippen molar-refractivity contribution >= 4 is 50.5 Å². The molecule has 1 N–H and O–H groups in total. The number of rotatable bonds is 6. The van der Waals surface area contributed by atoms with Gasteiger partial charge >= 0.3 is 0 Å². The Labute approximate surface area is 226 Å². The third-order valence-corrected chi connectivity index (χ3v) is 7.30. The molecule has 6 nitrogen and oxygen atoms in total. The summed E-state index contributed by atoms with van der Waals surface area (Å²) in [4.78, 5) is 26.9. The molecular weight excluding hydrogens is 550 g/mol. The number of benzene rings is 3. The standard InChI is InChI=1S/C29H24BrN3O3S/c1-4-36-25-13-11-21(30)15-20(25)16-26-28(35)33(23-8-6-5-7-9-23)29(37-26)24(17-31)27(34)32-22-12-10-18(2)19(3)14-22/h5-16H,4H2,1-3H3,(H,32,34)/b26-16+,29-24-. The van der Waals surface area contributed by atoms with Gasteiger partial charge in [-0.25, -0.2) is 0 Å². The van der Waals surface area contributed by atoms with Gasteiger partial charge in [-0.15, -0.1) is 11.3 Å². The lowest BCUT2D eigenvalue weighted by molar-refractivity contribution is -0.111. The molecule has 0 radical (unpaired) electrons. The smallest absolute Gasteiger partial charge is 0.273 e. The zero-order valence-electron chi connectivity index (χ0n) is 20.5. The Morgan fingerprint density at radius 3 is 2.54 bits per heavy atom. The number of ether oxygens (including phenoxy) is 1. The van der Waals surface area contributed by atoms with E-state index in [-0.39, 0.29) is 15.8 Å². The van der Waals surface area contributed by atoms with E-state index in [1.54, 1.807) is 36.4 Å². The average Bonchev–Trinajstić information content (AvgIpc) is 3.19. The highest BCUT2D eigenvalue weighted by atomic mass is 79.9. The molecule has 0 spiro atoms. The minimum Gasteiger partial charge on any atom is -0.493 e. The molecule has 37 heavy (non-hydrogen) atoms. The van der Waals surface area contributed by atoms with Gasteiger partial charge in [-0.2, -0.15) is 5.26 Å². The van der Waals surface area contributed by atoms with Crippen molar-refractivity contribution in [3.05, 3.63) is 107 Å². The highest BCUT2D eigenvalue weighted by molar-refractivity contribution is 9.10. The van der Waals surface area contributed by atoms with Crippen molar-refractivity contribution in [1.29, 1.82) is 5.26 Å². The largest absolute Gasteiger partial charge is 0.493 e. The van der Waals surface area contributed by atoms with Crippen molar-refractivity contribution in [3.63, 3.8) is 0 Å². The first-order chi connectivity index (χ1) is 17.8. The summed E-state index contributed by atoms with van der Waals surface area (Å²) in [6.07, 6.45) is 1.72. The van der Waals surface area contributed by atoms with Crippen LogP contribution in [0.15, 0.2) is 76.0 Å². The average molecular weight is 575 g/mol. The van der Waals surface area contributed by atoms with Crippen LogP contribution in [0.25, 0.3) is 17.3 Å². The number of nitriles is 1. The van der Waals surface area contributed by atoms with Crippen LogP contribution in [0, 0.1) is 25.2 Å². The van der Waals surface area contributed by atoms with Crippen LogP contribution in [-0.4, -0.2) is 17.1 Å². The number of aryl methyl sites for hydroxylation is 2. The lowest BCUT2D eigenvalue weighted by Gasteiger charge is -2.07. The Bertz CT molecular complexity index is 1700. The van der Waals surface area contributed by atoms with Gasteiger partial charge < -0.3 is 10.1 Å². The van der Waals surface area contributed by atoms with Crippen LogP contribution in [0.5, 0.6) is 5.75 Å². The Kier molecular flexibility index (Phi) is 8.07. The predicted octanol–water partition coefficient (Wildman–Crippen LogP) is 4.82. The SMILES string of the molecule is CCOc1ccc(Br)cc1/C=c1/s/c(=C(/C#N)C(=O)Nc2ccc(C)c(C)c2)n(-c2ccccc2)c1=O. The monoisotopic (exact) mass is 573 g/mol. The van der Waals surface area contributed by atoms with Crippen LogP contribution in [-0.2, 0) is 4.79 Å². The number of para-hydroxylation sites is 1. The van der Waals surface area contributed by atoms with Crippen molar-refractivity contribution in [2.24, 2.45) is 0 Å². The topological polar surface area (TPSA) is 84.1 Å². The summed E-state index contributed by atoms with van der Waals surface area (Å²) in [6, 6.07) is 22.1. The van der Waals surface area contributed by atoms with Crippen molar-refractivity contribution in [1.82, 2.24) is 4.57 Å².